The second-order valence-electron chi connectivity index (χ2n) is 6.73. The first-order valence-electron chi connectivity index (χ1n) is 8.52. The highest BCUT2D eigenvalue weighted by Gasteiger charge is 2.35. The average Bonchev–Trinajstić information content (AvgIpc) is 3.09. The minimum absolute atomic E-state index is 0.564. The summed E-state index contributed by atoms with van der Waals surface area (Å²) in [6.07, 6.45) is 0. The number of aryl methyl sites for hydroxylation is 1. The average molecular weight is 324 g/mol. The van der Waals surface area contributed by atoms with Crippen molar-refractivity contribution in [3.63, 3.8) is 0 Å². The highest BCUT2D eigenvalue weighted by atomic mass is 16.5. The number of hydrogen-bond acceptors (Lipinski definition) is 4. The summed E-state index contributed by atoms with van der Waals surface area (Å²) in [5.74, 6) is 3.05. The highest BCUT2D eigenvalue weighted by Crippen LogP contribution is 2.45. The van der Waals surface area contributed by atoms with Gasteiger partial charge in [-0.05, 0) is 59.4 Å². The van der Waals surface area contributed by atoms with Crippen LogP contribution in [0.25, 0.3) is 11.1 Å². The molecule has 2 atom stereocenters. The molecule has 2 aromatic carbocycles. The lowest BCUT2D eigenvalue weighted by molar-refractivity contribution is 0.412. The van der Waals surface area contributed by atoms with Gasteiger partial charge in [0, 0.05) is 25.6 Å². The molecule has 1 saturated heterocycles. The topological polar surface area (TPSA) is 42.5 Å². The molecule has 1 fully saturated rings. The molecule has 2 aliphatic heterocycles. The molecular formula is C20H24N2O2. The smallest absolute Gasteiger partial charge is 0.142 e. The predicted octanol–water partition coefficient (Wildman–Crippen LogP) is 3.41. The summed E-state index contributed by atoms with van der Waals surface area (Å²) in [5, 5.41) is 7.11. The van der Waals surface area contributed by atoms with Gasteiger partial charge in [0.15, 0.2) is 0 Å². The van der Waals surface area contributed by atoms with Crippen molar-refractivity contribution in [2.45, 2.75) is 12.8 Å². The Morgan fingerprint density at radius 2 is 1.88 bits per heavy atom. The zero-order valence-electron chi connectivity index (χ0n) is 14.5. The van der Waals surface area contributed by atoms with Gasteiger partial charge in [-0.3, -0.25) is 0 Å². The largest absolute Gasteiger partial charge is 0.497 e. The third-order valence-corrected chi connectivity index (χ3v) is 5.38. The standard InChI is InChI=1S/C20H24N2O2/c1-12-6-15(23-2)4-5-16(12)13-7-17-18-11-21-9-14(18)10-22-20(17)19(8-13)24-3/h4-8,14,18,21-22H,9-11H2,1-3H3/t14-,18-/m1/s1. The van der Waals surface area contributed by atoms with E-state index in [9.17, 15) is 0 Å². The van der Waals surface area contributed by atoms with Crippen LogP contribution in [0.5, 0.6) is 11.5 Å². The quantitative estimate of drug-likeness (QED) is 0.908. The molecule has 0 amide bonds. The van der Waals surface area contributed by atoms with Crippen LogP contribution in [0.2, 0.25) is 0 Å². The predicted molar refractivity (Wildman–Crippen MR) is 97.3 cm³/mol. The monoisotopic (exact) mass is 324 g/mol. The van der Waals surface area contributed by atoms with Crippen molar-refractivity contribution in [2.75, 3.05) is 39.2 Å². The van der Waals surface area contributed by atoms with Gasteiger partial charge in [-0.25, -0.2) is 0 Å². The van der Waals surface area contributed by atoms with Crippen LogP contribution in [0, 0.1) is 12.8 Å². The molecule has 4 rings (SSSR count). The molecule has 2 aromatic rings. The number of nitrogens with one attached hydrogen (secondary N) is 2. The van der Waals surface area contributed by atoms with Gasteiger partial charge < -0.3 is 20.1 Å². The lowest BCUT2D eigenvalue weighted by atomic mass is 9.82. The Morgan fingerprint density at radius 3 is 2.62 bits per heavy atom. The SMILES string of the molecule is COc1ccc(-c2cc(OC)c3c(c2)[C@@H]2CNC[C@@H]2CN3)c(C)c1. The molecule has 2 N–H and O–H groups in total. The lowest BCUT2D eigenvalue weighted by Gasteiger charge is -2.30. The van der Waals surface area contributed by atoms with E-state index in [1.807, 2.05) is 6.07 Å². The number of hydrogen-bond donors (Lipinski definition) is 2. The zero-order valence-corrected chi connectivity index (χ0v) is 14.5. The molecule has 0 radical (unpaired) electrons. The molecule has 2 aliphatic rings. The fraction of sp³-hybridized carbons (Fsp3) is 0.400. The van der Waals surface area contributed by atoms with Crippen molar-refractivity contribution in [3.05, 3.63) is 41.5 Å². The van der Waals surface area contributed by atoms with Crippen molar-refractivity contribution >= 4 is 5.69 Å². The first-order valence-corrected chi connectivity index (χ1v) is 8.52. The van der Waals surface area contributed by atoms with Gasteiger partial charge in [-0.1, -0.05) is 6.07 Å². The van der Waals surface area contributed by atoms with Gasteiger partial charge in [0.2, 0.25) is 0 Å². The molecule has 0 spiro atoms. The van der Waals surface area contributed by atoms with Crippen LogP contribution < -0.4 is 20.1 Å². The molecule has 24 heavy (non-hydrogen) atoms. The summed E-state index contributed by atoms with van der Waals surface area (Å²) in [6, 6.07) is 10.7. The maximum atomic E-state index is 5.70. The van der Waals surface area contributed by atoms with E-state index in [-0.39, 0.29) is 0 Å². The van der Waals surface area contributed by atoms with E-state index in [4.69, 9.17) is 9.47 Å². The van der Waals surface area contributed by atoms with Crippen molar-refractivity contribution in [1.82, 2.24) is 5.32 Å². The molecule has 4 nitrogen and oxygen atoms in total. The van der Waals surface area contributed by atoms with Crippen LogP contribution in [-0.4, -0.2) is 33.9 Å². The summed E-state index contributed by atoms with van der Waals surface area (Å²) >= 11 is 0. The molecule has 0 bridgehead atoms. The Kier molecular flexibility index (Phi) is 3.85. The van der Waals surface area contributed by atoms with Crippen LogP contribution in [0.3, 0.4) is 0 Å². The molecule has 0 saturated carbocycles. The summed E-state index contributed by atoms with van der Waals surface area (Å²) in [5.41, 5.74) is 6.18. The van der Waals surface area contributed by atoms with Gasteiger partial charge in [-0.2, -0.15) is 0 Å². The summed E-state index contributed by atoms with van der Waals surface area (Å²) < 4.78 is 11.0. The molecule has 4 heteroatoms. The molecule has 0 unspecified atom stereocenters. The highest BCUT2D eigenvalue weighted by molar-refractivity contribution is 5.77. The number of benzene rings is 2. The molecule has 0 aliphatic carbocycles. The second kappa shape index (κ2) is 6.02. The van der Waals surface area contributed by atoms with Gasteiger partial charge >= 0.3 is 0 Å². The summed E-state index contributed by atoms with van der Waals surface area (Å²) in [6.45, 7) is 5.28. The molecule has 0 aromatic heterocycles. The van der Waals surface area contributed by atoms with Gasteiger partial charge in [0.05, 0.1) is 19.9 Å². The van der Waals surface area contributed by atoms with Gasteiger partial charge in [-0.15, -0.1) is 0 Å². The zero-order chi connectivity index (χ0) is 16.7. The van der Waals surface area contributed by atoms with Crippen molar-refractivity contribution < 1.29 is 9.47 Å². The Labute approximate surface area is 143 Å². The van der Waals surface area contributed by atoms with Gasteiger partial charge in [0.1, 0.15) is 11.5 Å². The fourth-order valence-corrected chi connectivity index (χ4v) is 4.07. The van der Waals surface area contributed by atoms with Crippen molar-refractivity contribution in [3.8, 4) is 22.6 Å². The van der Waals surface area contributed by atoms with E-state index in [2.05, 4.69) is 41.8 Å². The number of ether oxygens (including phenoxy) is 2. The van der Waals surface area contributed by atoms with Crippen molar-refractivity contribution in [2.24, 2.45) is 5.92 Å². The molecule has 2 heterocycles. The first-order chi connectivity index (χ1) is 11.7. The Hall–Kier alpha value is -2.20. The van der Waals surface area contributed by atoms with E-state index in [1.165, 1.54) is 22.3 Å². The number of fused-ring (bicyclic) bond motifs is 3. The van der Waals surface area contributed by atoms with Crippen LogP contribution in [-0.2, 0) is 0 Å². The van der Waals surface area contributed by atoms with E-state index in [1.54, 1.807) is 14.2 Å². The summed E-state index contributed by atoms with van der Waals surface area (Å²) in [4.78, 5) is 0. The Balaban J connectivity index is 1.84. The second-order valence-corrected chi connectivity index (χ2v) is 6.73. The van der Waals surface area contributed by atoms with E-state index in [0.29, 0.717) is 11.8 Å². The minimum atomic E-state index is 0.564. The Morgan fingerprint density at radius 1 is 1.00 bits per heavy atom. The van der Waals surface area contributed by atoms with Gasteiger partial charge in [0.25, 0.3) is 0 Å². The van der Waals surface area contributed by atoms with E-state index < -0.39 is 0 Å². The number of anilines is 1. The third kappa shape index (κ3) is 2.42. The Bertz CT molecular complexity index is 772. The third-order valence-electron chi connectivity index (χ3n) is 5.38. The normalized spacial score (nSPS) is 21.6. The first kappa shape index (κ1) is 15.3. The number of methoxy groups -OCH3 is 2. The van der Waals surface area contributed by atoms with Crippen molar-refractivity contribution in [1.29, 1.82) is 0 Å². The van der Waals surface area contributed by atoms with E-state index in [0.717, 1.165) is 36.8 Å². The summed E-state index contributed by atoms with van der Waals surface area (Å²) in [7, 11) is 3.45. The molecule has 126 valence electrons. The molecular weight excluding hydrogens is 300 g/mol. The number of rotatable bonds is 3. The lowest BCUT2D eigenvalue weighted by Crippen LogP contribution is -2.27. The maximum absolute atomic E-state index is 5.70. The van der Waals surface area contributed by atoms with Crippen LogP contribution >= 0.6 is 0 Å². The maximum Gasteiger partial charge on any atom is 0.142 e. The van der Waals surface area contributed by atoms with Crippen LogP contribution in [0.15, 0.2) is 30.3 Å². The van der Waals surface area contributed by atoms with Crippen LogP contribution in [0.4, 0.5) is 5.69 Å². The minimum Gasteiger partial charge on any atom is -0.497 e. The van der Waals surface area contributed by atoms with E-state index >= 15 is 0 Å². The fourth-order valence-electron chi connectivity index (χ4n) is 4.07. The van der Waals surface area contributed by atoms with Crippen LogP contribution in [0.1, 0.15) is 17.0 Å².